The first-order valence-corrected chi connectivity index (χ1v) is 5.99. The number of amides is 2. The number of carbonyl (C=O) groups is 1. The minimum Gasteiger partial charge on any atom is -0.395 e. The van der Waals surface area contributed by atoms with Gasteiger partial charge < -0.3 is 14.9 Å². The molecule has 0 aromatic rings. The topological polar surface area (TPSA) is 43.8 Å². The molecule has 1 N–H and O–H groups in total. The molecule has 4 nitrogen and oxygen atoms in total. The summed E-state index contributed by atoms with van der Waals surface area (Å²) in [5.74, 6) is 0. The first-order chi connectivity index (χ1) is 7.33. The van der Waals surface area contributed by atoms with E-state index in [0.29, 0.717) is 12.6 Å². The van der Waals surface area contributed by atoms with Crippen LogP contribution in [0, 0.1) is 0 Å². The summed E-state index contributed by atoms with van der Waals surface area (Å²) in [6.45, 7) is 2.37. The van der Waals surface area contributed by atoms with Gasteiger partial charge in [0.1, 0.15) is 0 Å². The summed E-state index contributed by atoms with van der Waals surface area (Å²) in [5.41, 5.74) is 0. The van der Waals surface area contributed by atoms with Gasteiger partial charge in [-0.3, -0.25) is 0 Å². The second-order valence-electron chi connectivity index (χ2n) is 4.48. The highest BCUT2D eigenvalue weighted by atomic mass is 16.3. The number of aliphatic hydroxyl groups is 1. The fourth-order valence-corrected chi connectivity index (χ4v) is 2.33. The SMILES string of the molecule is O=C(N1CCCC1)N(CCO)C1CCC1. The highest BCUT2D eigenvalue weighted by molar-refractivity contribution is 5.75. The molecule has 0 aromatic heterocycles. The third-order valence-corrected chi connectivity index (χ3v) is 3.48. The quantitative estimate of drug-likeness (QED) is 0.760. The van der Waals surface area contributed by atoms with Crippen molar-refractivity contribution in [2.75, 3.05) is 26.2 Å². The molecule has 1 saturated heterocycles. The molecule has 0 unspecified atom stereocenters. The van der Waals surface area contributed by atoms with E-state index in [9.17, 15) is 4.79 Å². The molecule has 86 valence electrons. The molecule has 1 saturated carbocycles. The lowest BCUT2D eigenvalue weighted by Crippen LogP contribution is -2.50. The maximum atomic E-state index is 12.1. The minimum atomic E-state index is 0.0794. The van der Waals surface area contributed by atoms with Crippen molar-refractivity contribution in [2.45, 2.75) is 38.1 Å². The molecule has 0 bridgehead atoms. The van der Waals surface area contributed by atoms with Crippen molar-refractivity contribution in [3.63, 3.8) is 0 Å². The van der Waals surface area contributed by atoms with Gasteiger partial charge in [0, 0.05) is 25.7 Å². The van der Waals surface area contributed by atoms with Crippen molar-refractivity contribution in [2.24, 2.45) is 0 Å². The molecule has 0 atom stereocenters. The van der Waals surface area contributed by atoms with Crippen LogP contribution in [0.1, 0.15) is 32.1 Å². The first kappa shape index (κ1) is 10.7. The Kier molecular flexibility index (Phi) is 3.46. The van der Waals surface area contributed by atoms with Crippen LogP contribution in [0.3, 0.4) is 0 Å². The lowest BCUT2D eigenvalue weighted by molar-refractivity contribution is 0.0969. The van der Waals surface area contributed by atoms with Gasteiger partial charge in [-0.05, 0) is 32.1 Å². The van der Waals surface area contributed by atoms with Crippen molar-refractivity contribution in [1.29, 1.82) is 0 Å². The van der Waals surface area contributed by atoms with Crippen molar-refractivity contribution in [1.82, 2.24) is 9.80 Å². The molecule has 0 spiro atoms. The lowest BCUT2D eigenvalue weighted by atomic mass is 9.91. The zero-order valence-electron chi connectivity index (χ0n) is 9.19. The molecule has 0 aromatic carbocycles. The van der Waals surface area contributed by atoms with Crippen LogP contribution in [0.4, 0.5) is 4.79 Å². The monoisotopic (exact) mass is 212 g/mol. The van der Waals surface area contributed by atoms with Gasteiger partial charge in [-0.15, -0.1) is 0 Å². The Morgan fingerprint density at radius 1 is 1.27 bits per heavy atom. The fourth-order valence-electron chi connectivity index (χ4n) is 2.33. The van der Waals surface area contributed by atoms with E-state index < -0.39 is 0 Å². The number of aliphatic hydroxyl groups excluding tert-OH is 1. The van der Waals surface area contributed by atoms with Crippen molar-refractivity contribution in [3.05, 3.63) is 0 Å². The zero-order chi connectivity index (χ0) is 10.7. The third kappa shape index (κ3) is 2.25. The molecule has 2 fully saturated rings. The number of hydrogen-bond donors (Lipinski definition) is 1. The molecular weight excluding hydrogens is 192 g/mol. The standard InChI is InChI=1S/C11H20N2O2/c14-9-8-13(10-4-3-5-10)11(15)12-6-1-2-7-12/h10,14H,1-9H2. The smallest absolute Gasteiger partial charge is 0.320 e. The molecule has 1 aliphatic heterocycles. The molecular formula is C11H20N2O2. The molecule has 15 heavy (non-hydrogen) atoms. The highest BCUT2D eigenvalue weighted by Crippen LogP contribution is 2.26. The van der Waals surface area contributed by atoms with E-state index in [-0.39, 0.29) is 12.6 Å². The van der Waals surface area contributed by atoms with E-state index in [4.69, 9.17) is 5.11 Å². The van der Waals surface area contributed by atoms with Gasteiger partial charge in [0.25, 0.3) is 0 Å². The molecule has 2 rings (SSSR count). The number of carbonyl (C=O) groups excluding carboxylic acids is 1. The van der Waals surface area contributed by atoms with Crippen molar-refractivity contribution >= 4 is 6.03 Å². The van der Waals surface area contributed by atoms with Crippen LogP contribution >= 0.6 is 0 Å². The van der Waals surface area contributed by atoms with Gasteiger partial charge >= 0.3 is 6.03 Å². The molecule has 2 aliphatic rings. The van der Waals surface area contributed by atoms with Crippen LogP contribution in [0.15, 0.2) is 0 Å². The summed E-state index contributed by atoms with van der Waals surface area (Å²) in [7, 11) is 0. The Bertz CT molecular complexity index is 223. The van der Waals surface area contributed by atoms with Crippen molar-refractivity contribution < 1.29 is 9.90 Å². The molecule has 0 radical (unpaired) electrons. The Hall–Kier alpha value is -0.770. The normalized spacial score (nSPS) is 21.5. The van der Waals surface area contributed by atoms with E-state index in [1.807, 2.05) is 9.80 Å². The number of likely N-dealkylation sites (tertiary alicyclic amines) is 1. The summed E-state index contributed by atoms with van der Waals surface area (Å²) in [4.78, 5) is 15.9. The average Bonchev–Trinajstić information content (AvgIpc) is 2.66. The zero-order valence-corrected chi connectivity index (χ0v) is 9.19. The van der Waals surface area contributed by atoms with Gasteiger partial charge in [0.15, 0.2) is 0 Å². The van der Waals surface area contributed by atoms with Crippen LogP contribution < -0.4 is 0 Å². The van der Waals surface area contributed by atoms with Gasteiger partial charge in [-0.25, -0.2) is 4.79 Å². The Morgan fingerprint density at radius 3 is 2.40 bits per heavy atom. The van der Waals surface area contributed by atoms with Crippen LogP contribution in [-0.4, -0.2) is 53.2 Å². The van der Waals surface area contributed by atoms with Crippen LogP contribution in [0.5, 0.6) is 0 Å². The van der Waals surface area contributed by atoms with Crippen LogP contribution in [0.25, 0.3) is 0 Å². The molecule has 2 amide bonds. The van der Waals surface area contributed by atoms with E-state index in [1.54, 1.807) is 0 Å². The van der Waals surface area contributed by atoms with E-state index in [0.717, 1.165) is 38.8 Å². The Labute approximate surface area is 90.9 Å². The maximum absolute atomic E-state index is 12.1. The Morgan fingerprint density at radius 2 is 1.93 bits per heavy atom. The Balaban J connectivity index is 1.92. The van der Waals surface area contributed by atoms with Crippen molar-refractivity contribution in [3.8, 4) is 0 Å². The van der Waals surface area contributed by atoms with E-state index in [1.165, 1.54) is 6.42 Å². The summed E-state index contributed by atoms with van der Waals surface area (Å²) >= 11 is 0. The second-order valence-corrected chi connectivity index (χ2v) is 4.48. The number of nitrogens with zero attached hydrogens (tertiary/aromatic N) is 2. The van der Waals surface area contributed by atoms with Gasteiger partial charge in [-0.2, -0.15) is 0 Å². The van der Waals surface area contributed by atoms with E-state index in [2.05, 4.69) is 0 Å². The van der Waals surface area contributed by atoms with Gasteiger partial charge in [0.2, 0.25) is 0 Å². The fraction of sp³-hybridized carbons (Fsp3) is 0.909. The number of hydrogen-bond acceptors (Lipinski definition) is 2. The summed E-state index contributed by atoms with van der Waals surface area (Å²) in [6, 6.07) is 0.538. The molecule has 1 heterocycles. The minimum absolute atomic E-state index is 0.0794. The van der Waals surface area contributed by atoms with Crippen LogP contribution in [0.2, 0.25) is 0 Å². The summed E-state index contributed by atoms with van der Waals surface area (Å²) in [5, 5.41) is 8.98. The maximum Gasteiger partial charge on any atom is 0.320 e. The summed E-state index contributed by atoms with van der Waals surface area (Å²) < 4.78 is 0. The number of urea groups is 1. The second kappa shape index (κ2) is 4.84. The largest absolute Gasteiger partial charge is 0.395 e. The predicted molar refractivity (Wildman–Crippen MR) is 57.6 cm³/mol. The lowest BCUT2D eigenvalue weighted by Gasteiger charge is -2.39. The predicted octanol–water partition coefficient (Wildman–Crippen LogP) is 1.05. The van der Waals surface area contributed by atoms with E-state index >= 15 is 0 Å². The van der Waals surface area contributed by atoms with Gasteiger partial charge in [0.05, 0.1) is 6.61 Å². The first-order valence-electron chi connectivity index (χ1n) is 5.99. The number of rotatable bonds is 3. The average molecular weight is 212 g/mol. The van der Waals surface area contributed by atoms with Crippen LogP contribution in [-0.2, 0) is 0 Å². The molecule has 1 aliphatic carbocycles. The molecule has 4 heteroatoms. The third-order valence-electron chi connectivity index (χ3n) is 3.48. The highest BCUT2D eigenvalue weighted by Gasteiger charge is 2.31. The summed E-state index contributed by atoms with van der Waals surface area (Å²) in [6.07, 6.45) is 5.70. The van der Waals surface area contributed by atoms with Gasteiger partial charge in [-0.1, -0.05) is 0 Å².